The van der Waals surface area contributed by atoms with Crippen LogP contribution < -0.4 is 4.90 Å². The molecular weight excluding hydrogens is 641 g/mol. The zero-order valence-electron chi connectivity index (χ0n) is 19.0. The number of ketones is 1. The molecule has 1 aliphatic heterocycles. The molecule has 2 aromatic carbocycles. The molecule has 15 heteroatoms. The van der Waals surface area contributed by atoms with Crippen molar-refractivity contribution in [1.82, 2.24) is 0 Å². The Morgan fingerprint density at radius 1 is 0.897 bits per heavy atom. The van der Waals surface area contributed by atoms with Gasteiger partial charge in [-0.15, -0.1) is 23.2 Å². The molecule has 1 saturated carbocycles. The molecular formula is C24H12Cl6N2O7. The molecule has 0 spiro atoms. The highest BCUT2D eigenvalue weighted by Crippen LogP contribution is 2.77. The van der Waals surface area contributed by atoms with Crippen LogP contribution in [-0.4, -0.2) is 49.2 Å². The normalized spacial score (nSPS) is 28.6. The number of amides is 2. The number of carbonyl (C=O) groups excluding carboxylic acids is 4. The third kappa shape index (κ3) is 3.67. The molecule has 0 N–H and O–H groups in total. The maximum absolute atomic E-state index is 13.5. The first-order valence-corrected chi connectivity index (χ1v) is 13.2. The van der Waals surface area contributed by atoms with Gasteiger partial charge >= 0.3 is 5.97 Å². The average Bonchev–Trinajstić information content (AvgIpc) is 3.30. The second-order valence-corrected chi connectivity index (χ2v) is 12.2. The molecule has 9 nitrogen and oxygen atoms in total. The van der Waals surface area contributed by atoms with Gasteiger partial charge in [-0.2, -0.15) is 0 Å². The lowest BCUT2D eigenvalue weighted by Crippen LogP contribution is -2.50. The SMILES string of the molecule is O=C(COC(=O)c1cccc(N2C(=O)[C@@H]3[C@@H](C2=O)[C@@]2(Cl)C(Cl)=C(Cl)[C@@]3(Cl)C2(Cl)Cl)c1)c1cccc([N+](=O)[O-])c1. The van der Waals surface area contributed by atoms with Crippen molar-refractivity contribution in [2.75, 3.05) is 11.5 Å². The number of nitro groups is 1. The third-order valence-electron chi connectivity index (χ3n) is 6.96. The van der Waals surface area contributed by atoms with Crippen LogP contribution in [0.15, 0.2) is 58.6 Å². The topological polar surface area (TPSA) is 124 Å². The Balaban J connectivity index is 1.38. The number of carbonyl (C=O) groups is 4. The summed E-state index contributed by atoms with van der Waals surface area (Å²) in [7, 11) is 0. The molecule has 0 radical (unpaired) electrons. The Kier molecular flexibility index (Phi) is 6.73. The number of nitrogens with zero attached hydrogens (tertiary/aromatic N) is 2. The zero-order chi connectivity index (χ0) is 28.7. The maximum atomic E-state index is 13.5. The number of hydrogen-bond acceptors (Lipinski definition) is 7. The summed E-state index contributed by atoms with van der Waals surface area (Å²) in [5.41, 5.74) is -0.431. The number of imide groups is 1. The number of fused-ring (bicyclic) bond motifs is 5. The van der Waals surface area contributed by atoms with E-state index in [0.717, 1.165) is 11.0 Å². The summed E-state index contributed by atoms with van der Waals surface area (Å²) < 4.78 is 2.97. The van der Waals surface area contributed by atoms with Gasteiger partial charge in [-0.25, -0.2) is 9.69 Å². The number of Topliss-reactive ketones (excluding diaryl/α,β-unsaturated/α-hetero) is 1. The summed E-state index contributed by atoms with van der Waals surface area (Å²) in [5, 5.41) is 10.5. The number of esters is 1. The highest BCUT2D eigenvalue weighted by atomic mass is 35.5. The monoisotopic (exact) mass is 650 g/mol. The fourth-order valence-electron chi connectivity index (χ4n) is 5.11. The lowest BCUT2D eigenvalue weighted by Gasteiger charge is -2.34. The van der Waals surface area contributed by atoms with E-state index in [-0.39, 0.29) is 32.6 Å². The molecule has 2 fully saturated rings. The summed E-state index contributed by atoms with van der Waals surface area (Å²) >= 11 is 38.9. The van der Waals surface area contributed by atoms with Crippen LogP contribution in [0.3, 0.4) is 0 Å². The van der Waals surface area contributed by atoms with Gasteiger partial charge in [0.15, 0.2) is 10.9 Å². The second-order valence-electron chi connectivity index (χ2n) is 8.95. The minimum Gasteiger partial charge on any atom is -0.454 e. The number of allylic oxidation sites excluding steroid dienone is 2. The van der Waals surface area contributed by atoms with E-state index >= 15 is 0 Å². The molecule has 2 bridgehead atoms. The van der Waals surface area contributed by atoms with Crippen molar-refractivity contribution in [1.29, 1.82) is 0 Å². The molecule has 39 heavy (non-hydrogen) atoms. The first-order valence-electron chi connectivity index (χ1n) is 10.9. The number of nitro benzene ring substituents is 1. The zero-order valence-corrected chi connectivity index (χ0v) is 23.5. The number of hydrogen-bond donors (Lipinski definition) is 0. The lowest BCUT2D eigenvalue weighted by atomic mass is 9.84. The predicted molar refractivity (Wildman–Crippen MR) is 144 cm³/mol. The number of rotatable bonds is 6. The standard InChI is InChI=1S/C24H12Cl6N2O7/c25-17-18(26)23(28)16-15(22(17,27)24(23,29)30)19(34)31(20(16)35)12-5-2-4-11(8-12)21(36)39-9-14(33)10-3-1-6-13(7-10)32(37)38/h1-8,15-16H,9H2/t15-,16-,22+,23+/m0/s1. The van der Waals surface area contributed by atoms with Gasteiger partial charge in [0.1, 0.15) is 9.75 Å². The van der Waals surface area contributed by atoms with Crippen LogP contribution in [0.25, 0.3) is 0 Å². The molecule has 2 aliphatic carbocycles. The van der Waals surface area contributed by atoms with Crippen molar-refractivity contribution in [3.8, 4) is 0 Å². The van der Waals surface area contributed by atoms with Crippen LogP contribution in [0.1, 0.15) is 20.7 Å². The highest BCUT2D eigenvalue weighted by Gasteiger charge is 2.87. The van der Waals surface area contributed by atoms with E-state index in [1.807, 2.05) is 0 Å². The Morgan fingerprint density at radius 3 is 2.00 bits per heavy atom. The van der Waals surface area contributed by atoms with Gasteiger partial charge in [0, 0.05) is 17.7 Å². The fourth-order valence-corrected chi connectivity index (χ4v) is 8.04. The number of benzene rings is 2. The van der Waals surface area contributed by atoms with Crippen LogP contribution in [0.2, 0.25) is 0 Å². The number of ether oxygens (including phenoxy) is 1. The Hall–Kier alpha value is -2.40. The minimum absolute atomic E-state index is 0.0132. The molecule has 4 atom stereocenters. The van der Waals surface area contributed by atoms with Gasteiger partial charge in [0.25, 0.3) is 5.69 Å². The molecule has 5 rings (SSSR count). The number of halogens is 6. The van der Waals surface area contributed by atoms with E-state index in [1.54, 1.807) is 0 Å². The average molecular weight is 653 g/mol. The number of alkyl halides is 4. The Bertz CT molecular complexity index is 1500. The highest BCUT2D eigenvalue weighted by molar-refractivity contribution is 6.67. The number of anilines is 1. The van der Waals surface area contributed by atoms with Crippen molar-refractivity contribution in [3.05, 3.63) is 79.8 Å². The smallest absolute Gasteiger partial charge is 0.338 e. The summed E-state index contributed by atoms with van der Waals surface area (Å²) in [4.78, 5) is 59.2. The van der Waals surface area contributed by atoms with Crippen molar-refractivity contribution in [2.24, 2.45) is 11.8 Å². The largest absolute Gasteiger partial charge is 0.454 e. The summed E-state index contributed by atoms with van der Waals surface area (Å²) in [6.45, 7) is -0.713. The Labute approximate surface area is 249 Å². The Morgan fingerprint density at radius 2 is 1.44 bits per heavy atom. The molecule has 2 amide bonds. The van der Waals surface area contributed by atoms with Gasteiger partial charge in [-0.05, 0) is 18.2 Å². The first-order chi connectivity index (χ1) is 18.2. The van der Waals surface area contributed by atoms with E-state index in [1.165, 1.54) is 42.5 Å². The molecule has 0 unspecified atom stereocenters. The molecule has 3 aliphatic rings. The predicted octanol–water partition coefficient (Wildman–Crippen LogP) is 5.59. The lowest BCUT2D eigenvalue weighted by molar-refractivity contribution is -0.384. The maximum Gasteiger partial charge on any atom is 0.338 e. The first kappa shape index (κ1) is 28.1. The van der Waals surface area contributed by atoms with E-state index in [9.17, 15) is 29.3 Å². The van der Waals surface area contributed by atoms with Gasteiger partial charge in [0.2, 0.25) is 17.6 Å². The minimum atomic E-state index is -2.08. The van der Waals surface area contributed by atoms with Crippen LogP contribution in [0.4, 0.5) is 11.4 Å². The van der Waals surface area contributed by atoms with Crippen LogP contribution in [0.5, 0.6) is 0 Å². The summed E-state index contributed by atoms with van der Waals surface area (Å²) in [5.74, 6) is -5.94. The number of non-ortho nitro benzene ring substituents is 1. The van der Waals surface area contributed by atoms with E-state index in [4.69, 9.17) is 74.3 Å². The van der Waals surface area contributed by atoms with Gasteiger partial charge in [-0.1, -0.05) is 64.6 Å². The summed E-state index contributed by atoms with van der Waals surface area (Å²) in [6.07, 6.45) is 0. The van der Waals surface area contributed by atoms with E-state index < -0.39 is 61.0 Å². The second kappa shape index (κ2) is 9.33. The van der Waals surface area contributed by atoms with Crippen molar-refractivity contribution >= 4 is 105 Å². The van der Waals surface area contributed by atoms with Crippen molar-refractivity contribution in [2.45, 2.75) is 14.1 Å². The van der Waals surface area contributed by atoms with E-state index in [0.29, 0.717) is 0 Å². The van der Waals surface area contributed by atoms with Crippen LogP contribution in [0, 0.1) is 22.0 Å². The van der Waals surface area contributed by atoms with Gasteiger partial charge in [0.05, 0.1) is 38.1 Å². The molecule has 0 aromatic heterocycles. The molecule has 1 heterocycles. The van der Waals surface area contributed by atoms with Crippen molar-refractivity contribution in [3.63, 3.8) is 0 Å². The molecule has 202 valence electrons. The molecule has 1 saturated heterocycles. The van der Waals surface area contributed by atoms with E-state index in [2.05, 4.69) is 0 Å². The fraction of sp³-hybridized carbons (Fsp3) is 0.250. The summed E-state index contributed by atoms with van der Waals surface area (Å²) in [6, 6.07) is 10.2. The van der Waals surface area contributed by atoms with Gasteiger partial charge < -0.3 is 4.74 Å². The van der Waals surface area contributed by atoms with Crippen LogP contribution in [-0.2, 0) is 14.3 Å². The molecule has 2 aromatic rings. The third-order valence-corrected chi connectivity index (χ3v) is 11.2. The quantitative estimate of drug-likeness (QED) is 0.0996. The van der Waals surface area contributed by atoms with Crippen molar-refractivity contribution < 1.29 is 28.8 Å². The van der Waals surface area contributed by atoms with Crippen LogP contribution >= 0.6 is 69.6 Å². The van der Waals surface area contributed by atoms with Gasteiger partial charge in [-0.3, -0.25) is 24.5 Å².